The zero-order chi connectivity index (χ0) is 14.0. The molecule has 0 radical (unpaired) electrons. The van der Waals surface area contributed by atoms with Crippen LogP contribution < -0.4 is 0 Å². The van der Waals surface area contributed by atoms with Crippen molar-refractivity contribution in [2.75, 3.05) is 12.0 Å². The van der Waals surface area contributed by atoms with Gasteiger partial charge in [0, 0.05) is 5.33 Å². The molecule has 0 saturated heterocycles. The van der Waals surface area contributed by atoms with Gasteiger partial charge in [-0.1, -0.05) is 40.2 Å². The lowest BCUT2D eigenvalue weighted by Crippen LogP contribution is -2.41. The Labute approximate surface area is 119 Å². The SMILES string of the molecule is C=C(CBr)CC(CF)N1C(=O)c2ccccc2C1=O. The molecule has 1 atom stereocenters. The first-order chi connectivity index (χ1) is 9.10. The Morgan fingerprint density at radius 1 is 1.26 bits per heavy atom. The summed E-state index contributed by atoms with van der Waals surface area (Å²) in [6, 6.07) is 5.77. The summed E-state index contributed by atoms with van der Waals surface area (Å²) in [6.45, 7) is 3.00. The molecule has 0 fully saturated rings. The maximum atomic E-state index is 13.2. The summed E-state index contributed by atoms with van der Waals surface area (Å²) < 4.78 is 13.2. The van der Waals surface area contributed by atoms with Gasteiger partial charge in [-0.05, 0) is 18.6 Å². The van der Waals surface area contributed by atoms with Crippen molar-refractivity contribution in [2.45, 2.75) is 12.5 Å². The molecule has 19 heavy (non-hydrogen) atoms. The van der Waals surface area contributed by atoms with Crippen LogP contribution in [0.15, 0.2) is 36.4 Å². The second-order valence-corrected chi connectivity index (χ2v) is 4.98. The minimum absolute atomic E-state index is 0.271. The average Bonchev–Trinajstić information content (AvgIpc) is 2.69. The highest BCUT2D eigenvalue weighted by molar-refractivity contribution is 9.09. The first kappa shape index (κ1) is 13.9. The number of fused-ring (bicyclic) bond motifs is 1. The molecule has 3 nitrogen and oxygen atoms in total. The van der Waals surface area contributed by atoms with Crippen molar-refractivity contribution in [1.29, 1.82) is 0 Å². The number of benzene rings is 1. The van der Waals surface area contributed by atoms with E-state index in [0.717, 1.165) is 10.5 Å². The van der Waals surface area contributed by atoms with Gasteiger partial charge in [-0.15, -0.1) is 0 Å². The maximum Gasteiger partial charge on any atom is 0.261 e. The highest BCUT2D eigenvalue weighted by atomic mass is 79.9. The molecule has 0 aromatic heterocycles. The number of hydrogen-bond donors (Lipinski definition) is 0. The van der Waals surface area contributed by atoms with E-state index in [-0.39, 0.29) is 6.42 Å². The summed E-state index contributed by atoms with van der Waals surface area (Å²) in [6.07, 6.45) is 0.271. The van der Waals surface area contributed by atoms with E-state index in [0.29, 0.717) is 16.5 Å². The maximum absolute atomic E-state index is 13.2. The number of halogens is 2. The summed E-state index contributed by atoms with van der Waals surface area (Å²) in [4.78, 5) is 25.4. The number of amides is 2. The molecule has 100 valence electrons. The van der Waals surface area contributed by atoms with Crippen LogP contribution in [0.25, 0.3) is 0 Å². The van der Waals surface area contributed by atoms with E-state index < -0.39 is 24.5 Å². The van der Waals surface area contributed by atoms with Gasteiger partial charge in [0.1, 0.15) is 6.67 Å². The number of carbonyl (C=O) groups excluding carboxylic acids is 2. The summed E-state index contributed by atoms with van der Waals surface area (Å²) in [5.74, 6) is -0.851. The number of alkyl halides is 2. The fraction of sp³-hybridized carbons (Fsp3) is 0.286. The van der Waals surface area contributed by atoms with Crippen molar-refractivity contribution < 1.29 is 14.0 Å². The van der Waals surface area contributed by atoms with E-state index in [9.17, 15) is 14.0 Å². The van der Waals surface area contributed by atoms with Gasteiger partial charge in [0.15, 0.2) is 0 Å². The Balaban J connectivity index is 2.29. The molecule has 0 N–H and O–H groups in total. The van der Waals surface area contributed by atoms with Crippen LogP contribution in [0.1, 0.15) is 27.1 Å². The molecule has 0 aliphatic carbocycles. The second-order valence-electron chi connectivity index (χ2n) is 4.42. The first-order valence-electron chi connectivity index (χ1n) is 5.85. The molecule has 1 aromatic carbocycles. The molecule has 5 heteroatoms. The highest BCUT2D eigenvalue weighted by Crippen LogP contribution is 2.26. The van der Waals surface area contributed by atoms with Gasteiger partial charge in [0.2, 0.25) is 0 Å². The van der Waals surface area contributed by atoms with Crippen LogP contribution in [-0.2, 0) is 0 Å². The van der Waals surface area contributed by atoms with Crippen LogP contribution in [0.5, 0.6) is 0 Å². The number of rotatable bonds is 5. The topological polar surface area (TPSA) is 37.4 Å². The Hall–Kier alpha value is -1.49. The largest absolute Gasteiger partial charge is 0.269 e. The van der Waals surface area contributed by atoms with E-state index in [1.54, 1.807) is 24.3 Å². The van der Waals surface area contributed by atoms with Crippen LogP contribution in [0.4, 0.5) is 4.39 Å². The van der Waals surface area contributed by atoms with Crippen LogP contribution in [-0.4, -0.2) is 34.8 Å². The molecule has 1 aromatic rings. The van der Waals surface area contributed by atoms with Gasteiger partial charge in [-0.3, -0.25) is 14.5 Å². The van der Waals surface area contributed by atoms with Gasteiger partial charge in [-0.25, -0.2) is 4.39 Å². The Morgan fingerprint density at radius 3 is 2.21 bits per heavy atom. The zero-order valence-electron chi connectivity index (χ0n) is 10.2. The molecule has 1 aliphatic rings. The first-order valence-corrected chi connectivity index (χ1v) is 6.97. The predicted molar refractivity (Wildman–Crippen MR) is 74.3 cm³/mol. The van der Waals surface area contributed by atoms with E-state index in [1.165, 1.54) is 0 Å². The molecular weight excluding hydrogens is 313 g/mol. The van der Waals surface area contributed by atoms with Gasteiger partial charge >= 0.3 is 0 Å². The summed E-state index contributed by atoms with van der Waals surface area (Å²) >= 11 is 3.23. The van der Waals surface area contributed by atoms with E-state index >= 15 is 0 Å². The van der Waals surface area contributed by atoms with Crippen molar-refractivity contribution in [1.82, 2.24) is 4.90 Å². The molecule has 0 bridgehead atoms. The summed E-state index contributed by atoms with van der Waals surface area (Å²) in [5.41, 5.74) is 1.44. The molecular formula is C14H13BrFNO2. The third kappa shape index (κ3) is 2.47. The Kier molecular flexibility index (Phi) is 4.14. The van der Waals surface area contributed by atoms with Gasteiger partial charge < -0.3 is 0 Å². The molecule has 2 rings (SSSR count). The smallest absolute Gasteiger partial charge is 0.261 e. The standard InChI is InChI=1S/C14H13BrFNO2/c1-9(7-15)6-10(8-16)17-13(18)11-4-2-3-5-12(11)14(17)19/h2-5,10H,1,6-8H2. The predicted octanol–water partition coefficient (Wildman–Crippen LogP) is 2.96. The number of carbonyl (C=O) groups is 2. The van der Waals surface area contributed by atoms with Crippen molar-refractivity contribution in [2.24, 2.45) is 0 Å². The third-order valence-corrected chi connectivity index (χ3v) is 3.88. The third-order valence-electron chi connectivity index (χ3n) is 3.08. The highest BCUT2D eigenvalue weighted by Gasteiger charge is 2.39. The minimum atomic E-state index is -0.780. The summed E-state index contributed by atoms with van der Waals surface area (Å²) in [7, 11) is 0. The van der Waals surface area contributed by atoms with Gasteiger partial charge in [0.25, 0.3) is 11.8 Å². The molecule has 0 saturated carbocycles. The van der Waals surface area contributed by atoms with Gasteiger partial charge in [0.05, 0.1) is 17.2 Å². The number of nitrogens with zero attached hydrogens (tertiary/aromatic N) is 1. The molecule has 2 amide bonds. The average molecular weight is 326 g/mol. The molecule has 0 spiro atoms. The lowest BCUT2D eigenvalue weighted by atomic mass is 10.1. The normalized spacial score (nSPS) is 15.6. The van der Waals surface area contributed by atoms with E-state index in [4.69, 9.17) is 0 Å². The van der Waals surface area contributed by atoms with Gasteiger partial charge in [-0.2, -0.15) is 0 Å². The Bertz CT molecular complexity index is 509. The van der Waals surface area contributed by atoms with Crippen molar-refractivity contribution in [3.05, 3.63) is 47.5 Å². The fourth-order valence-electron chi connectivity index (χ4n) is 2.14. The van der Waals surface area contributed by atoms with E-state index in [1.807, 2.05) is 0 Å². The van der Waals surface area contributed by atoms with Crippen molar-refractivity contribution >= 4 is 27.7 Å². The number of hydrogen-bond acceptors (Lipinski definition) is 2. The Morgan fingerprint density at radius 2 is 1.79 bits per heavy atom. The lowest BCUT2D eigenvalue weighted by Gasteiger charge is -2.24. The van der Waals surface area contributed by atoms with Crippen LogP contribution in [0, 0.1) is 0 Å². The molecule has 1 heterocycles. The monoisotopic (exact) mass is 325 g/mol. The molecule has 1 unspecified atom stereocenters. The zero-order valence-corrected chi connectivity index (χ0v) is 11.8. The van der Waals surface area contributed by atoms with Crippen molar-refractivity contribution in [3.63, 3.8) is 0 Å². The quantitative estimate of drug-likeness (QED) is 0.474. The van der Waals surface area contributed by atoms with E-state index in [2.05, 4.69) is 22.5 Å². The number of imide groups is 1. The molecule has 1 aliphatic heterocycles. The fourth-order valence-corrected chi connectivity index (χ4v) is 2.37. The second kappa shape index (κ2) is 5.65. The lowest BCUT2D eigenvalue weighted by molar-refractivity contribution is 0.0559. The van der Waals surface area contributed by atoms with Crippen molar-refractivity contribution in [3.8, 4) is 0 Å². The minimum Gasteiger partial charge on any atom is -0.269 e. The van der Waals surface area contributed by atoms with Crippen LogP contribution >= 0.6 is 15.9 Å². The van der Waals surface area contributed by atoms with Crippen LogP contribution in [0.3, 0.4) is 0 Å². The van der Waals surface area contributed by atoms with Crippen LogP contribution in [0.2, 0.25) is 0 Å². The summed E-state index contributed by atoms with van der Waals surface area (Å²) in [5, 5.41) is 0.521.